The number of aliphatic hydroxyl groups excluding tert-OH is 1. The van der Waals surface area contributed by atoms with Crippen LogP contribution in [0.2, 0.25) is 0 Å². The molecule has 0 unspecified atom stereocenters. The highest BCUT2D eigenvalue weighted by atomic mass is 32.1. The number of nitrogens with one attached hydrogen (secondary N) is 3. The number of carboxylic acid groups (broad SMARTS) is 1. The zero-order valence-corrected chi connectivity index (χ0v) is 27.7. The number of thiazole rings is 1. The monoisotopic (exact) mass is 663 g/mol. The molecule has 2 aromatic carbocycles. The summed E-state index contributed by atoms with van der Waals surface area (Å²) >= 11 is 1.56. The molecule has 3 aromatic rings. The standard InChI is InChI=1S/C34H41N5O7S/c1-20-28(47-19-37-20)22-9-7-21(8-10-22)17-36-32(45)26-16-25(40)18-39(26)33(46)29(34(2,3)4)38-31(44)24-13-11-23(12-14-24)30(43)35-15-5-6-27(41)42/h7-14,19,25-26,29,40H,5-6,15-18H2,1-4H3,(H,35,43)(H,36,45)(H,38,44)(H,41,42)/t25-,26+,29-/m1/s1. The highest BCUT2D eigenvalue weighted by molar-refractivity contribution is 7.13. The molecule has 250 valence electrons. The van der Waals surface area contributed by atoms with Crippen molar-refractivity contribution in [2.75, 3.05) is 13.1 Å². The summed E-state index contributed by atoms with van der Waals surface area (Å²) in [6.07, 6.45) is -0.581. The van der Waals surface area contributed by atoms with Gasteiger partial charge in [-0.15, -0.1) is 11.3 Å². The number of likely N-dealkylation sites (tertiary alicyclic amines) is 1. The molecule has 1 saturated heterocycles. The van der Waals surface area contributed by atoms with E-state index in [-0.39, 0.29) is 38.0 Å². The molecule has 0 saturated carbocycles. The number of hydrogen-bond donors (Lipinski definition) is 5. The largest absolute Gasteiger partial charge is 0.481 e. The molecule has 0 aliphatic carbocycles. The van der Waals surface area contributed by atoms with Crippen molar-refractivity contribution in [1.29, 1.82) is 0 Å². The Morgan fingerprint density at radius 1 is 0.979 bits per heavy atom. The van der Waals surface area contributed by atoms with Gasteiger partial charge in [-0.2, -0.15) is 0 Å². The zero-order valence-electron chi connectivity index (χ0n) is 26.9. The Morgan fingerprint density at radius 3 is 2.19 bits per heavy atom. The summed E-state index contributed by atoms with van der Waals surface area (Å²) < 4.78 is 0. The van der Waals surface area contributed by atoms with Crippen LogP contribution in [0.15, 0.2) is 54.0 Å². The number of aryl methyl sites for hydroxylation is 1. The molecule has 5 N–H and O–H groups in total. The van der Waals surface area contributed by atoms with E-state index in [1.165, 1.54) is 29.2 Å². The molecule has 3 atom stereocenters. The smallest absolute Gasteiger partial charge is 0.303 e. The van der Waals surface area contributed by atoms with Crippen LogP contribution < -0.4 is 16.0 Å². The van der Waals surface area contributed by atoms with Gasteiger partial charge in [0, 0.05) is 43.6 Å². The number of β-amino-alcohol motifs (C(OH)–C–C–N with tert-alkyl or cyclic N) is 1. The van der Waals surface area contributed by atoms with E-state index >= 15 is 0 Å². The summed E-state index contributed by atoms with van der Waals surface area (Å²) in [5, 5.41) is 27.5. The summed E-state index contributed by atoms with van der Waals surface area (Å²) in [5.74, 6) is -2.76. The number of hydrogen-bond acceptors (Lipinski definition) is 8. The van der Waals surface area contributed by atoms with Crippen molar-refractivity contribution in [3.8, 4) is 10.4 Å². The van der Waals surface area contributed by atoms with Crippen molar-refractivity contribution in [2.45, 2.75) is 71.7 Å². The lowest BCUT2D eigenvalue weighted by Crippen LogP contribution is -2.57. The molecule has 0 bridgehead atoms. The Hall–Kier alpha value is -4.62. The third kappa shape index (κ3) is 9.23. The van der Waals surface area contributed by atoms with Crippen LogP contribution in [0.5, 0.6) is 0 Å². The third-order valence-corrected chi connectivity index (χ3v) is 8.92. The highest BCUT2D eigenvalue weighted by Gasteiger charge is 2.44. The first-order valence-corrected chi connectivity index (χ1v) is 16.3. The number of rotatable bonds is 12. The molecule has 47 heavy (non-hydrogen) atoms. The maximum absolute atomic E-state index is 13.9. The van der Waals surface area contributed by atoms with Crippen molar-refractivity contribution in [3.05, 3.63) is 76.4 Å². The SMILES string of the molecule is Cc1ncsc1-c1ccc(CNC(=O)[C@@H]2C[C@@H](O)CN2C(=O)[C@@H](NC(=O)c2ccc(C(=O)NCCCC(=O)O)cc2)C(C)(C)C)cc1. The Balaban J connectivity index is 1.38. The van der Waals surface area contributed by atoms with Crippen LogP contribution in [0.1, 0.15) is 72.0 Å². The Bertz CT molecular complexity index is 1600. The fourth-order valence-corrected chi connectivity index (χ4v) is 6.12. The number of benzene rings is 2. The summed E-state index contributed by atoms with van der Waals surface area (Å²) in [4.78, 5) is 70.2. The molecular formula is C34H41N5O7S. The molecule has 0 radical (unpaired) electrons. The number of carboxylic acids is 1. The molecular weight excluding hydrogens is 622 g/mol. The molecule has 12 nitrogen and oxygen atoms in total. The second kappa shape index (κ2) is 15.3. The van der Waals surface area contributed by atoms with Crippen LogP contribution in [0.4, 0.5) is 0 Å². The van der Waals surface area contributed by atoms with E-state index in [4.69, 9.17) is 5.11 Å². The lowest BCUT2D eigenvalue weighted by atomic mass is 9.85. The zero-order chi connectivity index (χ0) is 34.3. The van der Waals surface area contributed by atoms with Crippen molar-refractivity contribution in [3.63, 3.8) is 0 Å². The summed E-state index contributed by atoms with van der Waals surface area (Å²) in [6, 6.07) is 11.7. The van der Waals surface area contributed by atoms with Crippen LogP contribution in [-0.2, 0) is 20.9 Å². The second-order valence-electron chi connectivity index (χ2n) is 12.7. The normalized spacial score (nSPS) is 16.7. The van der Waals surface area contributed by atoms with Gasteiger partial charge in [0.15, 0.2) is 0 Å². The second-order valence-corrected chi connectivity index (χ2v) is 13.5. The van der Waals surface area contributed by atoms with Gasteiger partial charge < -0.3 is 31.1 Å². The minimum absolute atomic E-state index is 0.0431. The van der Waals surface area contributed by atoms with E-state index < -0.39 is 53.2 Å². The van der Waals surface area contributed by atoms with E-state index in [1.807, 2.05) is 31.2 Å². The molecule has 1 aromatic heterocycles. The van der Waals surface area contributed by atoms with Crippen LogP contribution in [0, 0.1) is 12.3 Å². The molecule has 1 aliphatic rings. The number of carbonyl (C=O) groups excluding carboxylic acids is 4. The average Bonchev–Trinajstić information content (AvgIpc) is 3.65. The first-order chi connectivity index (χ1) is 22.2. The maximum Gasteiger partial charge on any atom is 0.303 e. The van der Waals surface area contributed by atoms with Crippen molar-refractivity contribution in [1.82, 2.24) is 25.8 Å². The van der Waals surface area contributed by atoms with E-state index in [2.05, 4.69) is 20.9 Å². The number of amides is 4. The summed E-state index contributed by atoms with van der Waals surface area (Å²) in [6.45, 7) is 7.75. The van der Waals surface area contributed by atoms with E-state index in [9.17, 15) is 29.1 Å². The summed E-state index contributed by atoms with van der Waals surface area (Å²) in [5.41, 5.74) is 4.45. The number of aromatic nitrogens is 1. The number of nitrogens with zero attached hydrogens (tertiary/aromatic N) is 2. The predicted octanol–water partition coefficient (Wildman–Crippen LogP) is 3.14. The van der Waals surface area contributed by atoms with E-state index in [0.29, 0.717) is 12.0 Å². The topological polar surface area (TPSA) is 178 Å². The average molecular weight is 664 g/mol. The van der Waals surface area contributed by atoms with Gasteiger partial charge in [-0.1, -0.05) is 45.0 Å². The third-order valence-electron chi connectivity index (χ3n) is 7.94. The highest BCUT2D eigenvalue weighted by Crippen LogP contribution is 2.28. The number of aliphatic carboxylic acids is 1. The Labute approximate surface area is 277 Å². The van der Waals surface area contributed by atoms with Gasteiger partial charge in [-0.3, -0.25) is 24.0 Å². The van der Waals surface area contributed by atoms with Gasteiger partial charge >= 0.3 is 5.97 Å². The fourth-order valence-electron chi connectivity index (χ4n) is 5.31. The van der Waals surface area contributed by atoms with Crippen LogP contribution >= 0.6 is 11.3 Å². The van der Waals surface area contributed by atoms with Gasteiger partial charge in [-0.05, 0) is 54.2 Å². The van der Waals surface area contributed by atoms with Gasteiger partial charge in [0.2, 0.25) is 11.8 Å². The number of aliphatic hydroxyl groups is 1. The van der Waals surface area contributed by atoms with E-state index in [1.54, 1.807) is 37.6 Å². The molecule has 4 rings (SSSR count). The summed E-state index contributed by atoms with van der Waals surface area (Å²) in [7, 11) is 0. The quantitative estimate of drug-likeness (QED) is 0.184. The lowest BCUT2D eigenvalue weighted by molar-refractivity contribution is -0.142. The van der Waals surface area contributed by atoms with Gasteiger partial charge in [0.1, 0.15) is 12.1 Å². The predicted molar refractivity (Wildman–Crippen MR) is 177 cm³/mol. The number of carbonyl (C=O) groups is 5. The molecule has 2 heterocycles. The maximum atomic E-state index is 13.9. The molecule has 4 amide bonds. The van der Waals surface area contributed by atoms with E-state index in [0.717, 1.165) is 21.7 Å². The first kappa shape index (κ1) is 35.2. The lowest BCUT2D eigenvalue weighted by Gasteiger charge is -2.35. The molecule has 1 fully saturated rings. The van der Waals surface area contributed by atoms with Gasteiger partial charge in [0.05, 0.1) is 22.2 Å². The molecule has 13 heteroatoms. The van der Waals surface area contributed by atoms with Crippen LogP contribution in [-0.4, -0.2) is 81.0 Å². The first-order valence-electron chi connectivity index (χ1n) is 15.4. The molecule has 0 spiro atoms. The van der Waals surface area contributed by atoms with Gasteiger partial charge in [0.25, 0.3) is 11.8 Å². The van der Waals surface area contributed by atoms with Crippen LogP contribution in [0.25, 0.3) is 10.4 Å². The van der Waals surface area contributed by atoms with Crippen molar-refractivity contribution < 1.29 is 34.2 Å². The van der Waals surface area contributed by atoms with Crippen molar-refractivity contribution in [2.24, 2.45) is 5.41 Å². The minimum atomic E-state index is -1.02. The molecule has 1 aliphatic heterocycles. The Kier molecular flexibility index (Phi) is 11.5. The van der Waals surface area contributed by atoms with Gasteiger partial charge in [-0.25, -0.2) is 4.98 Å². The minimum Gasteiger partial charge on any atom is -0.481 e. The Morgan fingerprint density at radius 2 is 1.62 bits per heavy atom. The van der Waals surface area contributed by atoms with Crippen molar-refractivity contribution >= 4 is 40.9 Å². The fraction of sp³-hybridized carbons (Fsp3) is 0.412. The van der Waals surface area contributed by atoms with Crippen LogP contribution in [0.3, 0.4) is 0 Å².